The molecule has 0 aliphatic rings. The second kappa shape index (κ2) is 7.41. The molecule has 0 saturated carbocycles. The molecule has 0 aromatic heterocycles. The third kappa shape index (κ3) is 5.54. The van der Waals surface area contributed by atoms with Gasteiger partial charge in [0.25, 0.3) is 0 Å². The molecule has 0 aliphatic carbocycles. The SMILES string of the molecule is CCCCc1ccc(NCCS(=O)(=O)CC)cc1. The van der Waals surface area contributed by atoms with Crippen molar-refractivity contribution in [3.8, 4) is 0 Å². The van der Waals surface area contributed by atoms with Crippen LogP contribution in [-0.2, 0) is 16.3 Å². The van der Waals surface area contributed by atoms with Crippen molar-refractivity contribution in [2.75, 3.05) is 23.4 Å². The monoisotopic (exact) mass is 269 g/mol. The molecule has 0 fully saturated rings. The molecule has 0 bridgehead atoms. The van der Waals surface area contributed by atoms with Crippen molar-refractivity contribution in [1.29, 1.82) is 0 Å². The summed E-state index contributed by atoms with van der Waals surface area (Å²) >= 11 is 0. The van der Waals surface area contributed by atoms with Crippen molar-refractivity contribution < 1.29 is 8.42 Å². The molecule has 0 atom stereocenters. The predicted molar refractivity (Wildman–Crippen MR) is 77.9 cm³/mol. The molecule has 102 valence electrons. The number of aryl methyl sites for hydroxylation is 1. The van der Waals surface area contributed by atoms with Crippen molar-refractivity contribution >= 4 is 15.5 Å². The number of nitrogens with one attached hydrogen (secondary N) is 1. The summed E-state index contributed by atoms with van der Waals surface area (Å²) in [7, 11) is -2.87. The van der Waals surface area contributed by atoms with Crippen LogP contribution >= 0.6 is 0 Å². The first-order valence-corrected chi connectivity index (χ1v) is 8.42. The van der Waals surface area contributed by atoms with Crippen LogP contribution in [0.4, 0.5) is 5.69 Å². The van der Waals surface area contributed by atoms with Gasteiger partial charge in [-0.3, -0.25) is 0 Å². The maximum Gasteiger partial charge on any atom is 0.151 e. The van der Waals surface area contributed by atoms with Crippen LogP contribution in [0.3, 0.4) is 0 Å². The zero-order valence-corrected chi connectivity index (χ0v) is 12.1. The van der Waals surface area contributed by atoms with E-state index in [9.17, 15) is 8.42 Å². The summed E-state index contributed by atoms with van der Waals surface area (Å²) in [6.45, 7) is 4.34. The average Bonchev–Trinajstić information content (AvgIpc) is 2.38. The molecular formula is C14H23NO2S. The van der Waals surface area contributed by atoms with Crippen molar-refractivity contribution in [2.45, 2.75) is 33.1 Å². The number of rotatable bonds is 8. The van der Waals surface area contributed by atoms with Crippen molar-refractivity contribution in [3.05, 3.63) is 29.8 Å². The lowest BCUT2D eigenvalue weighted by Gasteiger charge is -2.07. The summed E-state index contributed by atoms with van der Waals surface area (Å²) in [6.07, 6.45) is 3.53. The van der Waals surface area contributed by atoms with Gasteiger partial charge < -0.3 is 5.32 Å². The van der Waals surface area contributed by atoms with Crippen molar-refractivity contribution in [2.24, 2.45) is 0 Å². The molecule has 1 aromatic rings. The van der Waals surface area contributed by atoms with E-state index in [4.69, 9.17) is 0 Å². The van der Waals surface area contributed by atoms with E-state index in [0.29, 0.717) is 6.54 Å². The number of benzene rings is 1. The highest BCUT2D eigenvalue weighted by atomic mass is 32.2. The van der Waals surface area contributed by atoms with Crippen molar-refractivity contribution in [1.82, 2.24) is 0 Å². The second-order valence-corrected chi connectivity index (χ2v) is 6.94. The van der Waals surface area contributed by atoms with Gasteiger partial charge in [-0.25, -0.2) is 8.42 Å². The third-order valence-corrected chi connectivity index (χ3v) is 4.66. The van der Waals surface area contributed by atoms with E-state index in [2.05, 4.69) is 24.4 Å². The molecule has 1 rings (SSSR count). The molecule has 18 heavy (non-hydrogen) atoms. The average molecular weight is 269 g/mol. The summed E-state index contributed by atoms with van der Waals surface area (Å²) in [6, 6.07) is 8.24. The molecule has 1 aromatic carbocycles. The molecule has 0 heterocycles. The molecule has 4 heteroatoms. The van der Waals surface area contributed by atoms with Crippen LogP contribution < -0.4 is 5.32 Å². The minimum atomic E-state index is -2.87. The van der Waals surface area contributed by atoms with E-state index >= 15 is 0 Å². The fourth-order valence-electron chi connectivity index (χ4n) is 1.67. The van der Waals surface area contributed by atoms with Crippen LogP contribution in [0, 0.1) is 0 Å². The topological polar surface area (TPSA) is 46.2 Å². The van der Waals surface area contributed by atoms with Gasteiger partial charge in [-0.2, -0.15) is 0 Å². The fraction of sp³-hybridized carbons (Fsp3) is 0.571. The molecular weight excluding hydrogens is 246 g/mol. The Hall–Kier alpha value is -1.03. The standard InChI is InChI=1S/C14H23NO2S/c1-3-5-6-13-7-9-14(10-8-13)15-11-12-18(16,17)4-2/h7-10,15H,3-6,11-12H2,1-2H3. The van der Waals surface area contributed by atoms with Gasteiger partial charge in [-0.05, 0) is 30.5 Å². The summed E-state index contributed by atoms with van der Waals surface area (Å²) in [5.41, 5.74) is 2.32. The highest BCUT2D eigenvalue weighted by Crippen LogP contribution is 2.11. The smallest absolute Gasteiger partial charge is 0.151 e. The van der Waals surface area contributed by atoms with Crippen LogP contribution in [0.1, 0.15) is 32.3 Å². The quantitative estimate of drug-likeness (QED) is 0.789. The lowest BCUT2D eigenvalue weighted by atomic mass is 10.1. The van der Waals surface area contributed by atoms with Crippen LogP contribution in [0.5, 0.6) is 0 Å². The molecule has 0 aliphatic heterocycles. The Bertz CT molecular complexity index is 437. The van der Waals surface area contributed by atoms with E-state index in [0.717, 1.165) is 12.1 Å². The summed E-state index contributed by atoms with van der Waals surface area (Å²) in [4.78, 5) is 0. The molecule has 0 spiro atoms. The molecule has 0 unspecified atom stereocenters. The van der Waals surface area contributed by atoms with E-state index < -0.39 is 9.84 Å². The summed E-state index contributed by atoms with van der Waals surface area (Å²) in [5, 5.41) is 3.14. The zero-order chi connectivity index (χ0) is 13.4. The number of hydrogen-bond acceptors (Lipinski definition) is 3. The molecule has 0 saturated heterocycles. The first-order chi connectivity index (χ1) is 8.57. The van der Waals surface area contributed by atoms with E-state index in [1.807, 2.05) is 12.1 Å². The largest absolute Gasteiger partial charge is 0.384 e. The minimum absolute atomic E-state index is 0.196. The van der Waals surface area contributed by atoms with Gasteiger partial charge in [-0.15, -0.1) is 0 Å². The van der Waals surface area contributed by atoms with Crippen LogP contribution in [0.2, 0.25) is 0 Å². The highest BCUT2D eigenvalue weighted by Gasteiger charge is 2.05. The molecule has 0 radical (unpaired) electrons. The van der Waals surface area contributed by atoms with Gasteiger partial charge in [0.05, 0.1) is 5.75 Å². The Morgan fingerprint density at radius 1 is 1.11 bits per heavy atom. The number of unbranched alkanes of at least 4 members (excludes halogenated alkanes) is 1. The zero-order valence-electron chi connectivity index (χ0n) is 11.3. The number of hydrogen-bond donors (Lipinski definition) is 1. The van der Waals surface area contributed by atoms with Gasteiger partial charge in [0.15, 0.2) is 9.84 Å². The number of sulfone groups is 1. The minimum Gasteiger partial charge on any atom is -0.384 e. The fourth-order valence-corrected chi connectivity index (χ4v) is 2.37. The van der Waals surface area contributed by atoms with E-state index in [1.54, 1.807) is 6.92 Å². The van der Waals surface area contributed by atoms with Gasteiger partial charge in [0.2, 0.25) is 0 Å². The maximum absolute atomic E-state index is 11.3. The van der Waals surface area contributed by atoms with Crippen LogP contribution in [0.15, 0.2) is 24.3 Å². The van der Waals surface area contributed by atoms with Gasteiger partial charge in [0, 0.05) is 18.0 Å². The van der Waals surface area contributed by atoms with Gasteiger partial charge in [-0.1, -0.05) is 32.4 Å². The van der Waals surface area contributed by atoms with Crippen molar-refractivity contribution in [3.63, 3.8) is 0 Å². The Balaban J connectivity index is 2.39. The second-order valence-electron chi connectivity index (χ2n) is 4.46. The normalized spacial score (nSPS) is 11.4. The molecule has 3 nitrogen and oxygen atoms in total. The Labute approximate surface area is 111 Å². The van der Waals surface area contributed by atoms with Crippen LogP contribution in [0.25, 0.3) is 0 Å². The lowest BCUT2D eigenvalue weighted by molar-refractivity contribution is 0.597. The third-order valence-electron chi connectivity index (χ3n) is 2.95. The lowest BCUT2D eigenvalue weighted by Crippen LogP contribution is -2.17. The Morgan fingerprint density at radius 3 is 2.33 bits per heavy atom. The molecule has 1 N–H and O–H groups in total. The molecule has 0 amide bonds. The Morgan fingerprint density at radius 2 is 1.78 bits per heavy atom. The first-order valence-electron chi connectivity index (χ1n) is 6.60. The summed E-state index contributed by atoms with van der Waals surface area (Å²) in [5.74, 6) is 0.408. The Kier molecular flexibility index (Phi) is 6.19. The summed E-state index contributed by atoms with van der Waals surface area (Å²) < 4.78 is 22.6. The first kappa shape index (κ1) is 15.0. The van der Waals surface area contributed by atoms with Crippen LogP contribution in [-0.4, -0.2) is 26.5 Å². The predicted octanol–water partition coefficient (Wildman–Crippen LogP) is 2.88. The van der Waals surface area contributed by atoms with Gasteiger partial charge in [0.1, 0.15) is 0 Å². The van der Waals surface area contributed by atoms with Gasteiger partial charge >= 0.3 is 0 Å². The maximum atomic E-state index is 11.3. The highest BCUT2D eigenvalue weighted by molar-refractivity contribution is 7.91. The van der Waals surface area contributed by atoms with E-state index in [1.165, 1.54) is 18.4 Å². The number of anilines is 1. The van der Waals surface area contributed by atoms with E-state index in [-0.39, 0.29) is 11.5 Å².